The molecule has 0 atom stereocenters. The molecular formula is C12H12BrNO2. The van der Waals surface area contributed by atoms with Crippen molar-refractivity contribution in [1.29, 1.82) is 0 Å². The lowest BCUT2D eigenvalue weighted by Gasteiger charge is -2.02. The molecule has 0 N–H and O–H groups in total. The van der Waals surface area contributed by atoms with E-state index >= 15 is 0 Å². The van der Waals surface area contributed by atoms with Gasteiger partial charge in [0.1, 0.15) is 17.2 Å². The van der Waals surface area contributed by atoms with Crippen LogP contribution in [0.5, 0.6) is 5.75 Å². The highest BCUT2D eigenvalue weighted by molar-refractivity contribution is 9.08. The van der Waals surface area contributed by atoms with Gasteiger partial charge in [0.25, 0.3) is 0 Å². The topological polar surface area (TPSA) is 35.3 Å². The number of ether oxygens (including phenoxy) is 1. The van der Waals surface area contributed by atoms with Crippen LogP contribution in [0.4, 0.5) is 0 Å². The molecule has 0 saturated heterocycles. The van der Waals surface area contributed by atoms with Gasteiger partial charge in [-0.05, 0) is 12.1 Å². The second-order valence-corrected chi connectivity index (χ2v) is 3.93. The maximum atomic E-state index is 5.49. The normalized spacial score (nSPS) is 10.4. The fourth-order valence-corrected chi connectivity index (χ4v) is 1.94. The smallest absolute Gasteiger partial charge is 0.191 e. The van der Waals surface area contributed by atoms with E-state index in [4.69, 9.17) is 9.15 Å². The van der Waals surface area contributed by atoms with Gasteiger partial charge >= 0.3 is 0 Å². The number of oxazole rings is 1. The van der Waals surface area contributed by atoms with Gasteiger partial charge in [-0.2, -0.15) is 0 Å². The molecule has 0 amide bonds. The third-order valence-electron chi connectivity index (χ3n) is 2.27. The lowest BCUT2D eigenvalue weighted by atomic mass is 10.1. The molecule has 0 aliphatic carbocycles. The van der Waals surface area contributed by atoms with E-state index in [9.17, 15) is 0 Å². The molecule has 0 aliphatic heterocycles. The average Bonchev–Trinajstić information content (AvgIpc) is 2.70. The summed E-state index contributed by atoms with van der Waals surface area (Å²) in [5.41, 5.74) is 1.87. The Morgan fingerprint density at radius 1 is 1.44 bits per heavy atom. The van der Waals surface area contributed by atoms with Crippen LogP contribution in [0.2, 0.25) is 0 Å². The third kappa shape index (κ3) is 2.11. The molecule has 1 heterocycles. The molecule has 0 spiro atoms. The Morgan fingerprint density at radius 2 is 2.25 bits per heavy atom. The maximum absolute atomic E-state index is 5.49. The highest BCUT2D eigenvalue weighted by atomic mass is 79.9. The fourth-order valence-electron chi connectivity index (χ4n) is 1.56. The number of alkyl halides is 1. The van der Waals surface area contributed by atoms with Crippen LogP contribution in [0.25, 0.3) is 11.3 Å². The molecule has 0 bridgehead atoms. The van der Waals surface area contributed by atoms with Crippen molar-refractivity contribution in [2.24, 2.45) is 0 Å². The third-order valence-corrected chi connectivity index (χ3v) is 2.78. The number of methoxy groups -OCH3 is 1. The number of hydrogen-bond acceptors (Lipinski definition) is 3. The first-order valence-electron chi connectivity index (χ1n) is 4.91. The van der Waals surface area contributed by atoms with Crippen LogP contribution in [0.3, 0.4) is 0 Å². The number of aryl methyl sites for hydroxylation is 1. The summed E-state index contributed by atoms with van der Waals surface area (Å²) in [6.07, 6.45) is 0. The average molecular weight is 282 g/mol. The summed E-state index contributed by atoms with van der Waals surface area (Å²) in [6.45, 7) is 1.84. The molecule has 0 unspecified atom stereocenters. The van der Waals surface area contributed by atoms with Gasteiger partial charge in [-0.15, -0.1) is 0 Å². The Kier molecular flexibility index (Phi) is 3.29. The molecular weight excluding hydrogens is 270 g/mol. The summed E-state index contributed by atoms with van der Waals surface area (Å²) in [4.78, 5) is 4.37. The second kappa shape index (κ2) is 4.70. The summed E-state index contributed by atoms with van der Waals surface area (Å²) in [5, 5.41) is 0.653. The van der Waals surface area contributed by atoms with Crippen LogP contribution >= 0.6 is 15.9 Å². The number of aromatic nitrogens is 1. The number of rotatable bonds is 3. The second-order valence-electron chi connectivity index (χ2n) is 3.37. The van der Waals surface area contributed by atoms with Crippen molar-refractivity contribution in [2.45, 2.75) is 12.3 Å². The maximum Gasteiger partial charge on any atom is 0.191 e. The van der Waals surface area contributed by atoms with Crippen molar-refractivity contribution in [2.75, 3.05) is 7.11 Å². The number of nitrogens with zero attached hydrogens (tertiary/aromatic N) is 1. The van der Waals surface area contributed by atoms with Crippen molar-refractivity contribution in [3.05, 3.63) is 35.9 Å². The number of halogens is 1. The highest BCUT2D eigenvalue weighted by Crippen LogP contribution is 2.28. The Bertz CT molecular complexity index is 494. The zero-order valence-corrected chi connectivity index (χ0v) is 10.7. The van der Waals surface area contributed by atoms with Gasteiger partial charge in [0.2, 0.25) is 0 Å². The monoisotopic (exact) mass is 281 g/mol. The van der Waals surface area contributed by atoms with Crippen molar-refractivity contribution in [1.82, 2.24) is 4.98 Å². The molecule has 84 valence electrons. The Labute approximate surface area is 103 Å². The summed E-state index contributed by atoms with van der Waals surface area (Å²) in [7, 11) is 1.65. The zero-order chi connectivity index (χ0) is 11.5. The first-order chi connectivity index (χ1) is 7.74. The molecule has 2 aromatic rings. The molecule has 2 rings (SSSR count). The van der Waals surface area contributed by atoms with E-state index in [-0.39, 0.29) is 0 Å². The molecule has 16 heavy (non-hydrogen) atoms. The summed E-state index contributed by atoms with van der Waals surface area (Å²) < 4.78 is 10.7. The molecule has 3 nitrogen and oxygen atoms in total. The Morgan fingerprint density at radius 3 is 2.94 bits per heavy atom. The van der Waals surface area contributed by atoms with E-state index in [2.05, 4.69) is 20.9 Å². The van der Waals surface area contributed by atoms with Crippen LogP contribution in [-0.4, -0.2) is 12.1 Å². The minimum absolute atomic E-state index is 0.653. The first-order valence-corrected chi connectivity index (χ1v) is 6.03. The van der Waals surface area contributed by atoms with Gasteiger partial charge in [-0.1, -0.05) is 28.1 Å². The molecule has 0 saturated carbocycles. The quantitative estimate of drug-likeness (QED) is 0.807. The minimum atomic E-state index is 0.653. The van der Waals surface area contributed by atoms with E-state index in [0.29, 0.717) is 11.2 Å². The molecule has 0 fully saturated rings. The van der Waals surface area contributed by atoms with Crippen LogP contribution in [0.15, 0.2) is 28.7 Å². The van der Waals surface area contributed by atoms with Gasteiger partial charge < -0.3 is 9.15 Å². The molecule has 4 heteroatoms. The fraction of sp³-hybridized carbons (Fsp3) is 0.250. The van der Waals surface area contributed by atoms with Gasteiger partial charge in [0.05, 0.1) is 12.4 Å². The SMILES string of the molecule is COc1cccc(-c2nc(C)oc2CBr)c1. The van der Waals surface area contributed by atoms with Crippen molar-refractivity contribution >= 4 is 15.9 Å². The lowest BCUT2D eigenvalue weighted by Crippen LogP contribution is -1.86. The molecule has 0 radical (unpaired) electrons. The standard InChI is InChI=1S/C12H12BrNO2/c1-8-14-12(11(7-13)16-8)9-4-3-5-10(6-9)15-2/h3-6H,7H2,1-2H3. The van der Waals surface area contributed by atoms with Crippen molar-refractivity contribution in [3.63, 3.8) is 0 Å². The molecule has 1 aromatic carbocycles. The van der Waals surface area contributed by atoms with E-state index < -0.39 is 0 Å². The Hall–Kier alpha value is -1.29. The van der Waals surface area contributed by atoms with Gasteiger partial charge in [-0.3, -0.25) is 0 Å². The summed E-state index contributed by atoms with van der Waals surface area (Å²) >= 11 is 3.39. The van der Waals surface area contributed by atoms with Crippen LogP contribution in [-0.2, 0) is 5.33 Å². The van der Waals surface area contributed by atoms with E-state index in [0.717, 1.165) is 22.8 Å². The van der Waals surface area contributed by atoms with Crippen LogP contribution in [0, 0.1) is 6.92 Å². The predicted molar refractivity (Wildman–Crippen MR) is 65.9 cm³/mol. The molecule has 1 aromatic heterocycles. The van der Waals surface area contributed by atoms with Crippen molar-refractivity contribution < 1.29 is 9.15 Å². The zero-order valence-electron chi connectivity index (χ0n) is 9.16. The highest BCUT2D eigenvalue weighted by Gasteiger charge is 2.12. The first kappa shape index (κ1) is 11.2. The van der Waals surface area contributed by atoms with E-state index in [1.807, 2.05) is 31.2 Å². The van der Waals surface area contributed by atoms with Gasteiger partial charge in [0.15, 0.2) is 5.89 Å². The number of benzene rings is 1. The van der Waals surface area contributed by atoms with E-state index in [1.165, 1.54) is 0 Å². The lowest BCUT2D eigenvalue weighted by molar-refractivity contribution is 0.415. The summed E-state index contributed by atoms with van der Waals surface area (Å²) in [5.74, 6) is 2.33. The Balaban J connectivity index is 2.48. The number of hydrogen-bond donors (Lipinski definition) is 0. The van der Waals surface area contributed by atoms with E-state index in [1.54, 1.807) is 7.11 Å². The van der Waals surface area contributed by atoms with Crippen molar-refractivity contribution in [3.8, 4) is 17.0 Å². The summed E-state index contributed by atoms with van der Waals surface area (Å²) in [6, 6.07) is 7.79. The van der Waals surface area contributed by atoms with Gasteiger partial charge in [-0.25, -0.2) is 4.98 Å². The van der Waals surface area contributed by atoms with Gasteiger partial charge in [0, 0.05) is 12.5 Å². The predicted octanol–water partition coefficient (Wildman–Crippen LogP) is 3.55. The molecule has 0 aliphatic rings. The minimum Gasteiger partial charge on any atom is -0.497 e. The largest absolute Gasteiger partial charge is 0.497 e. The van der Waals surface area contributed by atoms with Crippen LogP contribution in [0.1, 0.15) is 11.7 Å². The van der Waals surface area contributed by atoms with Crippen LogP contribution < -0.4 is 4.74 Å².